The highest BCUT2D eigenvalue weighted by molar-refractivity contribution is 5.95. The van der Waals surface area contributed by atoms with Gasteiger partial charge in [0.2, 0.25) is 0 Å². The summed E-state index contributed by atoms with van der Waals surface area (Å²) in [6.45, 7) is 2.73. The highest BCUT2D eigenvalue weighted by atomic mass is 19.4. The number of likely N-dealkylation sites (tertiary alicyclic amines) is 2. The molecule has 1 unspecified atom stereocenters. The molecule has 2 saturated heterocycles. The van der Waals surface area contributed by atoms with E-state index in [4.69, 9.17) is 4.98 Å². The lowest BCUT2D eigenvalue weighted by Gasteiger charge is -2.46. The minimum absolute atomic E-state index is 0.0652. The van der Waals surface area contributed by atoms with E-state index in [2.05, 4.69) is 51.9 Å². The number of amides is 1. The lowest BCUT2D eigenvalue weighted by atomic mass is 9.76. The summed E-state index contributed by atoms with van der Waals surface area (Å²) in [5.74, 6) is 0.836. The summed E-state index contributed by atoms with van der Waals surface area (Å²) in [7, 11) is 0. The zero-order valence-corrected chi connectivity index (χ0v) is 28.4. The molecule has 270 valence electrons. The third-order valence-electron chi connectivity index (χ3n) is 11.3. The minimum atomic E-state index is -5.04. The second kappa shape index (κ2) is 13.4. The Bertz CT molecular complexity index is 2050. The van der Waals surface area contributed by atoms with Crippen LogP contribution in [0.1, 0.15) is 75.6 Å². The molecule has 0 bridgehead atoms. The highest BCUT2D eigenvalue weighted by Gasteiger charge is 2.42. The first-order valence-electron chi connectivity index (χ1n) is 17.9. The molecule has 5 aromatic rings. The molecule has 0 radical (unpaired) electrons. The van der Waals surface area contributed by atoms with Crippen molar-refractivity contribution in [3.8, 4) is 0 Å². The number of halogens is 6. The van der Waals surface area contributed by atoms with Crippen LogP contribution in [0.3, 0.4) is 0 Å². The molecule has 1 aromatic heterocycles. The first-order chi connectivity index (χ1) is 24.9. The summed E-state index contributed by atoms with van der Waals surface area (Å²) in [4.78, 5) is 23.0. The maximum absolute atomic E-state index is 13.9. The van der Waals surface area contributed by atoms with E-state index in [0.717, 1.165) is 54.9 Å². The Kier molecular flexibility index (Phi) is 8.88. The number of carbonyl (C=O) groups is 1. The molecule has 0 N–H and O–H groups in total. The Morgan fingerprint density at radius 3 is 2.12 bits per heavy atom. The fourth-order valence-electron chi connectivity index (χ4n) is 8.82. The van der Waals surface area contributed by atoms with Gasteiger partial charge in [-0.1, -0.05) is 66.7 Å². The van der Waals surface area contributed by atoms with Crippen LogP contribution in [0.25, 0.3) is 11.0 Å². The molecule has 3 atom stereocenters. The largest absolute Gasteiger partial charge is 0.416 e. The summed E-state index contributed by atoms with van der Waals surface area (Å²) in [5, 5.41) is 0. The van der Waals surface area contributed by atoms with Crippen molar-refractivity contribution < 1.29 is 31.1 Å². The van der Waals surface area contributed by atoms with E-state index in [0.29, 0.717) is 37.3 Å². The number of rotatable bonds is 5. The Morgan fingerprint density at radius 2 is 1.40 bits per heavy atom. The number of imidazole rings is 1. The van der Waals surface area contributed by atoms with Crippen molar-refractivity contribution in [2.75, 3.05) is 19.6 Å². The number of aromatic nitrogens is 2. The number of carbonyl (C=O) groups excluding carboxylic acids is 1. The fraction of sp³-hybridized carbons (Fsp3) is 0.366. The number of alkyl halides is 6. The summed E-state index contributed by atoms with van der Waals surface area (Å²) >= 11 is 0. The molecule has 1 amide bonds. The summed E-state index contributed by atoms with van der Waals surface area (Å²) < 4.78 is 84.6. The molecule has 8 rings (SSSR count). The average Bonchev–Trinajstić information content (AvgIpc) is 3.51. The van der Waals surface area contributed by atoms with Crippen molar-refractivity contribution in [3.63, 3.8) is 0 Å². The van der Waals surface area contributed by atoms with Crippen LogP contribution in [-0.2, 0) is 25.3 Å². The third-order valence-corrected chi connectivity index (χ3v) is 11.3. The lowest BCUT2D eigenvalue weighted by molar-refractivity contribution is -0.143. The van der Waals surface area contributed by atoms with Gasteiger partial charge in [-0.05, 0) is 98.1 Å². The SMILES string of the molecule is O=C(c1cc(C(F)(F)F)cc(C(F)(F)F)c1)N1CC[C@@H](N2CCC(C3c4ccccc4Cn4c3nc3ccccc34)CC2)C[C@@H]1Cc1ccccc1. The minimum Gasteiger partial charge on any atom is -0.335 e. The van der Waals surface area contributed by atoms with Crippen molar-refractivity contribution in [2.45, 2.75) is 69.0 Å². The molecule has 52 heavy (non-hydrogen) atoms. The summed E-state index contributed by atoms with van der Waals surface area (Å²) in [6.07, 6.45) is -6.58. The Labute approximate surface area is 297 Å². The number of para-hydroxylation sites is 2. The van der Waals surface area contributed by atoms with Crippen molar-refractivity contribution in [3.05, 3.63) is 136 Å². The number of hydrogen-bond acceptors (Lipinski definition) is 3. The van der Waals surface area contributed by atoms with Gasteiger partial charge < -0.3 is 14.4 Å². The zero-order valence-electron chi connectivity index (χ0n) is 28.4. The molecule has 4 aromatic carbocycles. The van der Waals surface area contributed by atoms with E-state index in [-0.39, 0.29) is 24.6 Å². The van der Waals surface area contributed by atoms with E-state index < -0.39 is 41.0 Å². The van der Waals surface area contributed by atoms with Gasteiger partial charge in [0.1, 0.15) is 5.82 Å². The number of hydrogen-bond donors (Lipinski definition) is 0. The second-order valence-corrected chi connectivity index (χ2v) is 14.4. The van der Waals surface area contributed by atoms with Gasteiger partial charge in [0.25, 0.3) is 5.91 Å². The van der Waals surface area contributed by atoms with Gasteiger partial charge >= 0.3 is 12.4 Å². The number of fused-ring (bicyclic) bond motifs is 4. The van der Waals surface area contributed by atoms with Crippen molar-refractivity contribution in [2.24, 2.45) is 5.92 Å². The smallest absolute Gasteiger partial charge is 0.335 e. The lowest BCUT2D eigenvalue weighted by Crippen LogP contribution is -2.54. The number of benzene rings is 4. The quantitative estimate of drug-likeness (QED) is 0.171. The van der Waals surface area contributed by atoms with Gasteiger partial charge in [0.15, 0.2) is 0 Å². The van der Waals surface area contributed by atoms with Crippen molar-refractivity contribution >= 4 is 16.9 Å². The Hall–Kier alpha value is -4.64. The van der Waals surface area contributed by atoms with Crippen molar-refractivity contribution in [1.82, 2.24) is 19.4 Å². The third kappa shape index (κ3) is 6.59. The highest BCUT2D eigenvalue weighted by Crippen LogP contribution is 2.44. The maximum Gasteiger partial charge on any atom is 0.416 e. The first kappa shape index (κ1) is 34.4. The van der Waals surface area contributed by atoms with Crippen LogP contribution < -0.4 is 0 Å². The molecular formula is C41H38F6N4O. The zero-order chi connectivity index (χ0) is 36.2. The monoisotopic (exact) mass is 716 g/mol. The van der Waals surface area contributed by atoms with E-state index in [9.17, 15) is 31.1 Å². The normalized spacial score (nSPS) is 21.6. The van der Waals surface area contributed by atoms with Gasteiger partial charge in [-0.25, -0.2) is 4.98 Å². The topological polar surface area (TPSA) is 41.4 Å². The van der Waals surface area contributed by atoms with E-state index in [1.165, 1.54) is 16.0 Å². The van der Waals surface area contributed by atoms with Crippen LogP contribution >= 0.6 is 0 Å². The van der Waals surface area contributed by atoms with Gasteiger partial charge in [-0.2, -0.15) is 26.3 Å². The molecule has 3 aliphatic heterocycles. The molecule has 0 saturated carbocycles. The van der Waals surface area contributed by atoms with Gasteiger partial charge in [-0.15, -0.1) is 0 Å². The molecule has 2 fully saturated rings. The van der Waals surface area contributed by atoms with Crippen LogP contribution in [0.15, 0.2) is 97.1 Å². The van der Waals surface area contributed by atoms with Gasteiger partial charge in [-0.3, -0.25) is 4.79 Å². The Morgan fingerprint density at radius 1 is 0.750 bits per heavy atom. The number of nitrogens with zero attached hydrogens (tertiary/aromatic N) is 4. The predicted octanol–water partition coefficient (Wildman–Crippen LogP) is 9.20. The van der Waals surface area contributed by atoms with Crippen LogP contribution in [0.5, 0.6) is 0 Å². The van der Waals surface area contributed by atoms with Gasteiger partial charge in [0.05, 0.1) is 22.2 Å². The van der Waals surface area contributed by atoms with E-state index in [1.807, 2.05) is 36.4 Å². The van der Waals surface area contributed by atoms with E-state index in [1.54, 1.807) is 0 Å². The Balaban J connectivity index is 1.03. The first-order valence-corrected chi connectivity index (χ1v) is 17.9. The van der Waals surface area contributed by atoms with Crippen LogP contribution in [-0.4, -0.2) is 57.0 Å². The molecule has 11 heteroatoms. The predicted molar refractivity (Wildman–Crippen MR) is 186 cm³/mol. The molecule has 3 aliphatic rings. The fourth-order valence-corrected chi connectivity index (χ4v) is 8.82. The van der Waals surface area contributed by atoms with Crippen molar-refractivity contribution in [1.29, 1.82) is 0 Å². The average molecular weight is 717 g/mol. The maximum atomic E-state index is 13.9. The van der Waals surface area contributed by atoms with Gasteiger partial charge in [0, 0.05) is 36.7 Å². The summed E-state index contributed by atoms with van der Waals surface area (Å²) in [5.41, 5.74) is 2.16. The summed E-state index contributed by atoms with van der Waals surface area (Å²) in [6, 6.07) is 27.3. The molecular weight excluding hydrogens is 678 g/mol. The van der Waals surface area contributed by atoms with Crippen LogP contribution in [0.4, 0.5) is 26.3 Å². The van der Waals surface area contributed by atoms with Crippen LogP contribution in [0.2, 0.25) is 0 Å². The molecule has 5 nitrogen and oxygen atoms in total. The molecule has 0 aliphatic carbocycles. The molecule has 0 spiro atoms. The van der Waals surface area contributed by atoms with Crippen LogP contribution in [0, 0.1) is 5.92 Å². The van der Waals surface area contributed by atoms with E-state index >= 15 is 0 Å². The standard InChI is InChI=1S/C41H38F6N4O/c42-40(43,44)30-21-29(22-31(23-30)41(45,46)47)39(52)50-19-16-32(24-33(50)20-26-8-2-1-3-9-26)49-17-14-27(15-18-49)37-34-11-5-4-10-28(34)25-51-36-13-7-6-12-35(36)48-38(37)51/h1-13,21-23,27,32-33,37H,14-20,24-25H2/t32-,33+,37?/m1/s1. The second-order valence-electron chi connectivity index (χ2n) is 14.4. The molecule has 4 heterocycles. The number of piperidine rings is 2.